The summed E-state index contributed by atoms with van der Waals surface area (Å²) in [5.74, 6) is -2.17. The number of hydrogen-bond acceptors (Lipinski definition) is 10. The summed E-state index contributed by atoms with van der Waals surface area (Å²) in [5.41, 5.74) is 1.48. The minimum absolute atomic E-state index is 0.00808. The summed E-state index contributed by atoms with van der Waals surface area (Å²) in [6.07, 6.45) is 1.66. The van der Waals surface area contributed by atoms with Gasteiger partial charge in [0.1, 0.15) is 11.7 Å². The highest BCUT2D eigenvalue weighted by Crippen LogP contribution is 2.27. The maximum Gasteiger partial charge on any atom is 0.341 e. The molecule has 1 aliphatic rings. The molecular formula is C18H18FN5O6S. The lowest BCUT2D eigenvalue weighted by Crippen LogP contribution is -2.58. The summed E-state index contributed by atoms with van der Waals surface area (Å²) in [6.45, 7) is 0.176. The smallest absolute Gasteiger partial charge is 0.341 e. The molecule has 11 nitrogen and oxygen atoms in total. The van der Waals surface area contributed by atoms with Gasteiger partial charge in [0.2, 0.25) is 5.43 Å². The molecule has 0 amide bonds. The van der Waals surface area contributed by atoms with E-state index in [0.717, 1.165) is 12.3 Å². The van der Waals surface area contributed by atoms with E-state index in [-0.39, 0.29) is 29.5 Å². The third kappa shape index (κ3) is 4.13. The molecule has 0 spiro atoms. The molecular weight excluding hydrogens is 433 g/mol. The van der Waals surface area contributed by atoms with Crippen LogP contribution in [0.25, 0.3) is 16.2 Å². The van der Waals surface area contributed by atoms with E-state index < -0.39 is 35.5 Å². The first-order chi connectivity index (χ1) is 14.9. The van der Waals surface area contributed by atoms with Crippen LogP contribution in [0, 0.1) is 5.82 Å². The molecule has 3 aromatic rings. The number of fused-ring (bicyclic) bond motifs is 1. The molecule has 0 bridgehead atoms. The summed E-state index contributed by atoms with van der Waals surface area (Å²) in [4.78, 5) is 39.2. The number of carboxylic acid groups (broad SMARTS) is 1. The van der Waals surface area contributed by atoms with Crippen LogP contribution in [0.3, 0.4) is 0 Å². The van der Waals surface area contributed by atoms with Crippen LogP contribution < -0.4 is 15.8 Å². The second-order valence-corrected chi connectivity index (χ2v) is 7.77. The highest BCUT2D eigenvalue weighted by atomic mass is 32.1. The molecule has 164 valence electrons. The van der Waals surface area contributed by atoms with Crippen LogP contribution in [0.1, 0.15) is 10.4 Å². The zero-order valence-corrected chi connectivity index (χ0v) is 16.8. The Hall–Kier alpha value is -2.97. The van der Waals surface area contributed by atoms with Crippen LogP contribution >= 0.6 is 11.3 Å². The number of pyridine rings is 2. The number of nitrogens with zero attached hydrogens (tertiary/aromatic N) is 4. The third-order valence-electron chi connectivity index (χ3n) is 4.69. The minimum Gasteiger partial charge on any atom is -0.477 e. The SMILES string of the molecule is O=C(O)c1cn(-c2nccs2)c2nc(N3CC(NOC[C@H](O)CO)C3)c(F)cc2c1=O. The van der Waals surface area contributed by atoms with Crippen molar-refractivity contribution in [2.75, 3.05) is 31.2 Å². The number of carboxylic acids is 1. The molecule has 1 aliphatic heterocycles. The fourth-order valence-electron chi connectivity index (χ4n) is 3.11. The van der Waals surface area contributed by atoms with E-state index in [9.17, 15) is 24.2 Å². The van der Waals surface area contributed by atoms with Gasteiger partial charge in [-0.3, -0.25) is 14.2 Å². The Morgan fingerprint density at radius 1 is 1.45 bits per heavy atom. The van der Waals surface area contributed by atoms with E-state index in [1.165, 1.54) is 22.1 Å². The van der Waals surface area contributed by atoms with Gasteiger partial charge in [-0.25, -0.2) is 19.2 Å². The molecule has 4 rings (SSSR count). The zero-order chi connectivity index (χ0) is 22.1. The van der Waals surface area contributed by atoms with Gasteiger partial charge in [0.15, 0.2) is 22.4 Å². The fraction of sp³-hybridized carbons (Fsp3) is 0.333. The van der Waals surface area contributed by atoms with Gasteiger partial charge in [0.25, 0.3) is 0 Å². The predicted octanol–water partition coefficient (Wildman–Crippen LogP) is -0.258. The minimum atomic E-state index is -1.43. The number of carbonyl (C=O) groups is 1. The molecule has 0 aliphatic carbocycles. The third-order valence-corrected chi connectivity index (χ3v) is 5.46. The highest BCUT2D eigenvalue weighted by molar-refractivity contribution is 7.12. The van der Waals surface area contributed by atoms with Gasteiger partial charge in [0.05, 0.1) is 24.6 Å². The van der Waals surface area contributed by atoms with Crippen molar-refractivity contribution in [1.82, 2.24) is 20.0 Å². The molecule has 31 heavy (non-hydrogen) atoms. The zero-order valence-electron chi connectivity index (χ0n) is 15.9. The topological polar surface area (TPSA) is 150 Å². The number of aromatic nitrogens is 3. The number of halogens is 1. The van der Waals surface area contributed by atoms with Crippen LogP contribution in [0.5, 0.6) is 0 Å². The van der Waals surface area contributed by atoms with Gasteiger partial charge in [0, 0.05) is 30.9 Å². The van der Waals surface area contributed by atoms with Gasteiger partial charge in [-0.2, -0.15) is 5.48 Å². The number of aliphatic hydroxyl groups is 2. The molecule has 4 N–H and O–H groups in total. The van der Waals surface area contributed by atoms with Crippen molar-refractivity contribution in [2.24, 2.45) is 0 Å². The van der Waals surface area contributed by atoms with E-state index in [2.05, 4.69) is 15.4 Å². The maximum absolute atomic E-state index is 14.8. The standard InChI is InChI=1S/C18H18FN5O6S/c19-13-3-11-14(27)12(17(28)29)6-24(18-20-1-2-31-18)15(11)21-16(13)23-4-9(5-23)22-30-8-10(26)7-25/h1-3,6,9-10,22,25-26H,4-5,7-8H2,(H,28,29)/t10-/m1/s1. The van der Waals surface area contributed by atoms with Crippen molar-refractivity contribution in [2.45, 2.75) is 12.1 Å². The Morgan fingerprint density at radius 3 is 2.87 bits per heavy atom. The average molecular weight is 451 g/mol. The lowest BCUT2D eigenvalue weighted by atomic mass is 10.1. The van der Waals surface area contributed by atoms with E-state index in [0.29, 0.717) is 18.2 Å². The van der Waals surface area contributed by atoms with E-state index >= 15 is 0 Å². The second kappa shape index (κ2) is 8.64. The Balaban J connectivity index is 1.64. The lowest BCUT2D eigenvalue weighted by molar-refractivity contribution is -0.0530. The van der Waals surface area contributed by atoms with Crippen molar-refractivity contribution in [3.05, 3.63) is 45.4 Å². The Bertz CT molecular complexity index is 1160. The van der Waals surface area contributed by atoms with E-state index in [4.69, 9.17) is 9.94 Å². The summed E-state index contributed by atoms with van der Waals surface area (Å²) in [6, 6.07) is 0.837. The summed E-state index contributed by atoms with van der Waals surface area (Å²) >= 11 is 1.21. The molecule has 0 saturated carbocycles. The normalized spacial score (nSPS) is 15.3. The van der Waals surface area contributed by atoms with Crippen molar-refractivity contribution >= 4 is 34.2 Å². The van der Waals surface area contributed by atoms with Crippen LogP contribution in [-0.2, 0) is 4.84 Å². The molecule has 3 aromatic heterocycles. The maximum atomic E-state index is 14.8. The molecule has 13 heteroatoms. The average Bonchev–Trinajstić information content (AvgIpc) is 3.24. The molecule has 4 heterocycles. The van der Waals surface area contributed by atoms with E-state index in [1.54, 1.807) is 10.3 Å². The molecule has 1 atom stereocenters. The largest absolute Gasteiger partial charge is 0.477 e. The van der Waals surface area contributed by atoms with Gasteiger partial charge >= 0.3 is 5.97 Å². The number of aromatic carboxylic acids is 1. The van der Waals surface area contributed by atoms with Crippen LogP contribution in [0.4, 0.5) is 10.2 Å². The number of hydroxylamine groups is 1. The number of hydrogen-bond donors (Lipinski definition) is 4. The van der Waals surface area contributed by atoms with E-state index in [1.807, 2.05) is 0 Å². The highest BCUT2D eigenvalue weighted by Gasteiger charge is 2.31. The number of rotatable bonds is 8. The van der Waals surface area contributed by atoms with Gasteiger partial charge in [-0.15, -0.1) is 11.3 Å². The summed E-state index contributed by atoms with van der Waals surface area (Å²) in [5, 5.41) is 29.3. The number of aliphatic hydroxyl groups excluding tert-OH is 2. The summed E-state index contributed by atoms with van der Waals surface area (Å²) in [7, 11) is 0. The molecule has 1 fully saturated rings. The second-order valence-electron chi connectivity index (χ2n) is 6.89. The first-order valence-electron chi connectivity index (χ1n) is 9.19. The molecule has 1 saturated heterocycles. The van der Waals surface area contributed by atoms with Gasteiger partial charge in [-0.1, -0.05) is 0 Å². The Kier molecular flexibility index (Phi) is 5.93. The van der Waals surface area contributed by atoms with Crippen LogP contribution in [0.2, 0.25) is 0 Å². The number of nitrogens with one attached hydrogen (secondary N) is 1. The van der Waals surface area contributed by atoms with Gasteiger partial charge in [-0.05, 0) is 6.07 Å². The number of thiazole rings is 1. The first kappa shape index (κ1) is 21.3. The molecule has 0 aromatic carbocycles. The van der Waals surface area contributed by atoms with Crippen molar-refractivity contribution in [3.8, 4) is 5.13 Å². The van der Waals surface area contributed by atoms with Crippen molar-refractivity contribution < 1.29 is 29.3 Å². The summed E-state index contributed by atoms with van der Waals surface area (Å²) < 4.78 is 16.1. The van der Waals surface area contributed by atoms with Gasteiger partial charge < -0.3 is 20.2 Å². The van der Waals surface area contributed by atoms with Crippen molar-refractivity contribution in [3.63, 3.8) is 0 Å². The molecule has 0 radical (unpaired) electrons. The Morgan fingerprint density at radius 2 is 2.23 bits per heavy atom. The quantitative estimate of drug-likeness (QED) is 0.337. The fourth-order valence-corrected chi connectivity index (χ4v) is 3.73. The Labute approximate surface area is 177 Å². The monoisotopic (exact) mass is 451 g/mol. The van der Waals surface area contributed by atoms with Crippen molar-refractivity contribution in [1.29, 1.82) is 0 Å². The van der Waals surface area contributed by atoms with Crippen LogP contribution in [-0.4, -0.2) is 74.3 Å². The number of anilines is 1. The molecule has 0 unspecified atom stereocenters. The lowest BCUT2D eigenvalue weighted by Gasteiger charge is -2.40. The predicted molar refractivity (Wildman–Crippen MR) is 108 cm³/mol. The first-order valence-corrected chi connectivity index (χ1v) is 10.1. The van der Waals surface area contributed by atoms with Crippen LogP contribution in [0.15, 0.2) is 28.6 Å².